The molecule has 0 radical (unpaired) electrons. The third-order valence-corrected chi connectivity index (χ3v) is 4.71. The van der Waals surface area contributed by atoms with Crippen molar-refractivity contribution in [3.05, 3.63) is 33.8 Å². The van der Waals surface area contributed by atoms with Crippen molar-refractivity contribution in [1.29, 1.82) is 0 Å². The number of amides is 1. The predicted octanol–water partition coefficient (Wildman–Crippen LogP) is 3.08. The molecule has 2 atom stereocenters. The number of carboxylic acid groups (broad SMARTS) is 1. The van der Waals surface area contributed by atoms with Crippen LogP contribution in [0, 0.1) is 12.8 Å². The Balaban J connectivity index is 2.26. The zero-order chi connectivity index (χ0) is 14.9. The van der Waals surface area contributed by atoms with E-state index in [4.69, 9.17) is 0 Å². The average Bonchev–Trinajstić information content (AvgIpc) is 2.41. The molecule has 1 saturated heterocycles. The molecule has 1 aliphatic heterocycles. The van der Waals surface area contributed by atoms with E-state index < -0.39 is 12.0 Å². The second kappa shape index (κ2) is 5.95. The molecule has 0 saturated carbocycles. The molecule has 4 nitrogen and oxygen atoms in total. The molecule has 2 unspecified atom stereocenters. The van der Waals surface area contributed by atoms with Gasteiger partial charge in [0.05, 0.1) is 0 Å². The van der Waals surface area contributed by atoms with Crippen LogP contribution in [-0.4, -0.2) is 34.5 Å². The van der Waals surface area contributed by atoms with Crippen LogP contribution in [0.1, 0.15) is 35.7 Å². The van der Waals surface area contributed by atoms with Crippen molar-refractivity contribution >= 4 is 27.8 Å². The molecule has 1 heterocycles. The highest BCUT2D eigenvalue weighted by molar-refractivity contribution is 9.10. The Hall–Kier alpha value is -1.36. The van der Waals surface area contributed by atoms with E-state index in [-0.39, 0.29) is 5.91 Å². The molecule has 0 aromatic heterocycles. The normalized spacial score (nSPS) is 22.6. The van der Waals surface area contributed by atoms with Crippen molar-refractivity contribution in [2.24, 2.45) is 5.92 Å². The van der Waals surface area contributed by atoms with E-state index in [2.05, 4.69) is 15.9 Å². The first-order valence-electron chi connectivity index (χ1n) is 6.70. The molecule has 108 valence electrons. The topological polar surface area (TPSA) is 57.6 Å². The Morgan fingerprint density at radius 1 is 1.40 bits per heavy atom. The summed E-state index contributed by atoms with van der Waals surface area (Å²) in [5.41, 5.74) is 1.51. The maximum Gasteiger partial charge on any atom is 0.326 e. The predicted molar refractivity (Wildman–Crippen MR) is 79.7 cm³/mol. The van der Waals surface area contributed by atoms with Gasteiger partial charge in [0.25, 0.3) is 5.91 Å². The van der Waals surface area contributed by atoms with Crippen LogP contribution in [0.5, 0.6) is 0 Å². The lowest BCUT2D eigenvalue weighted by atomic mass is 9.92. The summed E-state index contributed by atoms with van der Waals surface area (Å²) in [5, 5.41) is 9.32. The van der Waals surface area contributed by atoms with E-state index in [9.17, 15) is 14.7 Å². The number of hydrogen-bond donors (Lipinski definition) is 1. The lowest BCUT2D eigenvalue weighted by Crippen LogP contribution is -2.49. The smallest absolute Gasteiger partial charge is 0.326 e. The lowest BCUT2D eigenvalue weighted by molar-refractivity contribution is -0.144. The van der Waals surface area contributed by atoms with Gasteiger partial charge in [-0.25, -0.2) is 4.79 Å². The number of likely N-dealkylation sites (tertiary alicyclic amines) is 1. The van der Waals surface area contributed by atoms with Crippen LogP contribution in [0.15, 0.2) is 22.7 Å². The highest BCUT2D eigenvalue weighted by atomic mass is 79.9. The molecule has 1 aromatic rings. The van der Waals surface area contributed by atoms with Crippen LogP contribution in [0.25, 0.3) is 0 Å². The SMILES string of the molecule is Cc1cc(C(=O)N2CCC(C)CC2C(=O)O)ccc1Br. The summed E-state index contributed by atoms with van der Waals surface area (Å²) >= 11 is 3.40. The first-order valence-corrected chi connectivity index (χ1v) is 7.49. The zero-order valence-electron chi connectivity index (χ0n) is 11.6. The second-order valence-corrected chi connectivity index (χ2v) is 6.30. The highest BCUT2D eigenvalue weighted by Gasteiger charge is 2.35. The number of aliphatic carboxylic acids is 1. The van der Waals surface area contributed by atoms with Gasteiger partial charge in [-0.2, -0.15) is 0 Å². The molecule has 1 aromatic carbocycles. The van der Waals surface area contributed by atoms with E-state index in [1.807, 2.05) is 19.9 Å². The standard InChI is InChI=1S/C15H18BrNO3/c1-9-5-6-17(13(7-9)15(19)20)14(18)11-3-4-12(16)10(2)8-11/h3-4,8-9,13H,5-7H2,1-2H3,(H,19,20). The zero-order valence-corrected chi connectivity index (χ0v) is 13.2. The Labute approximate surface area is 126 Å². The number of rotatable bonds is 2. The van der Waals surface area contributed by atoms with Crippen LogP contribution in [0.2, 0.25) is 0 Å². The van der Waals surface area contributed by atoms with Crippen LogP contribution in [0.3, 0.4) is 0 Å². The quantitative estimate of drug-likeness (QED) is 0.900. The monoisotopic (exact) mass is 339 g/mol. The molecule has 5 heteroatoms. The third kappa shape index (κ3) is 3.03. The van der Waals surface area contributed by atoms with Gasteiger partial charge in [0, 0.05) is 16.6 Å². The Kier molecular flexibility index (Phi) is 4.48. The summed E-state index contributed by atoms with van der Waals surface area (Å²) in [4.78, 5) is 25.4. The number of carboxylic acids is 1. The highest BCUT2D eigenvalue weighted by Crippen LogP contribution is 2.25. The minimum absolute atomic E-state index is 0.195. The van der Waals surface area contributed by atoms with Gasteiger partial charge in [0.2, 0.25) is 0 Å². The number of benzene rings is 1. The van der Waals surface area contributed by atoms with Gasteiger partial charge in [0.15, 0.2) is 0 Å². The Morgan fingerprint density at radius 2 is 2.10 bits per heavy atom. The summed E-state index contributed by atoms with van der Waals surface area (Å²) in [6, 6.07) is 4.64. The van der Waals surface area contributed by atoms with Gasteiger partial charge >= 0.3 is 5.97 Å². The first-order chi connectivity index (χ1) is 9.40. The van der Waals surface area contributed by atoms with Crippen molar-refractivity contribution in [2.45, 2.75) is 32.7 Å². The first kappa shape index (κ1) is 15.0. The fourth-order valence-corrected chi connectivity index (χ4v) is 2.81. The van der Waals surface area contributed by atoms with E-state index in [0.717, 1.165) is 16.5 Å². The lowest BCUT2D eigenvalue weighted by Gasteiger charge is -2.36. The molecule has 0 bridgehead atoms. The maximum absolute atomic E-state index is 12.5. The van der Waals surface area contributed by atoms with Gasteiger partial charge in [-0.15, -0.1) is 0 Å². The molecule has 20 heavy (non-hydrogen) atoms. The number of hydrogen-bond acceptors (Lipinski definition) is 2. The number of carbonyl (C=O) groups is 2. The minimum atomic E-state index is -0.918. The fraction of sp³-hybridized carbons (Fsp3) is 0.467. The third-order valence-electron chi connectivity index (χ3n) is 3.82. The molecule has 2 rings (SSSR count). The minimum Gasteiger partial charge on any atom is -0.480 e. The summed E-state index contributed by atoms with van der Waals surface area (Å²) < 4.78 is 0.941. The van der Waals surface area contributed by atoms with Crippen molar-refractivity contribution in [3.8, 4) is 0 Å². The van der Waals surface area contributed by atoms with Gasteiger partial charge < -0.3 is 10.0 Å². The molecule has 1 amide bonds. The van der Waals surface area contributed by atoms with Crippen LogP contribution >= 0.6 is 15.9 Å². The molecule has 1 aliphatic rings. The van der Waals surface area contributed by atoms with Crippen LogP contribution in [0.4, 0.5) is 0 Å². The number of nitrogens with zero attached hydrogens (tertiary/aromatic N) is 1. The van der Waals surface area contributed by atoms with Gasteiger partial charge in [-0.1, -0.05) is 22.9 Å². The average molecular weight is 340 g/mol. The number of piperidine rings is 1. The molecule has 0 aliphatic carbocycles. The second-order valence-electron chi connectivity index (χ2n) is 5.45. The van der Waals surface area contributed by atoms with E-state index in [1.165, 1.54) is 4.90 Å². The molecule has 1 fully saturated rings. The number of halogens is 1. The molecule has 0 spiro atoms. The number of aryl methyl sites for hydroxylation is 1. The Morgan fingerprint density at radius 3 is 2.70 bits per heavy atom. The fourth-order valence-electron chi connectivity index (χ4n) is 2.56. The van der Waals surface area contributed by atoms with Gasteiger partial charge in [0.1, 0.15) is 6.04 Å². The summed E-state index contributed by atoms with van der Waals surface area (Å²) in [6.07, 6.45) is 1.38. The van der Waals surface area contributed by atoms with Gasteiger partial charge in [-0.05, 0) is 49.4 Å². The molecule has 1 N–H and O–H groups in total. The summed E-state index contributed by atoms with van der Waals surface area (Å²) in [7, 11) is 0. The van der Waals surface area contributed by atoms with Crippen molar-refractivity contribution in [3.63, 3.8) is 0 Å². The summed E-state index contributed by atoms with van der Waals surface area (Å²) in [5.74, 6) is -0.773. The summed E-state index contributed by atoms with van der Waals surface area (Å²) in [6.45, 7) is 4.45. The van der Waals surface area contributed by atoms with E-state index >= 15 is 0 Å². The maximum atomic E-state index is 12.5. The molecular formula is C15H18BrNO3. The van der Waals surface area contributed by atoms with Crippen LogP contribution < -0.4 is 0 Å². The van der Waals surface area contributed by atoms with Crippen molar-refractivity contribution < 1.29 is 14.7 Å². The molecular weight excluding hydrogens is 322 g/mol. The Bertz CT molecular complexity index is 544. The van der Waals surface area contributed by atoms with Crippen LogP contribution in [-0.2, 0) is 4.79 Å². The van der Waals surface area contributed by atoms with E-state index in [1.54, 1.807) is 12.1 Å². The largest absolute Gasteiger partial charge is 0.480 e. The number of carbonyl (C=O) groups excluding carboxylic acids is 1. The van der Waals surface area contributed by atoms with E-state index in [0.29, 0.717) is 24.4 Å². The van der Waals surface area contributed by atoms with Crippen molar-refractivity contribution in [1.82, 2.24) is 4.90 Å². The van der Waals surface area contributed by atoms with Gasteiger partial charge in [-0.3, -0.25) is 4.79 Å². The van der Waals surface area contributed by atoms with Crippen molar-refractivity contribution in [2.75, 3.05) is 6.54 Å².